The number of likely N-dealkylation sites (tertiary alicyclic amines) is 1. The number of nitrogens with zero attached hydrogens (tertiary/aromatic N) is 3. The number of halogens is 1. The van der Waals surface area contributed by atoms with Gasteiger partial charge in [-0.1, -0.05) is 20.8 Å². The molecule has 3 N–H and O–H groups in total. The molecule has 0 radical (unpaired) electrons. The first-order valence-electron chi connectivity index (χ1n) is 10.9. The summed E-state index contributed by atoms with van der Waals surface area (Å²) in [4.78, 5) is 21.3. The lowest BCUT2D eigenvalue weighted by molar-refractivity contribution is -0.122. The van der Waals surface area contributed by atoms with Crippen molar-refractivity contribution in [1.82, 2.24) is 25.8 Å². The topological polar surface area (TPSA) is 72.0 Å². The Morgan fingerprint density at radius 1 is 1.07 bits per heavy atom. The van der Waals surface area contributed by atoms with Crippen LogP contribution < -0.4 is 16.0 Å². The van der Waals surface area contributed by atoms with Crippen molar-refractivity contribution in [1.29, 1.82) is 0 Å². The van der Waals surface area contributed by atoms with E-state index in [9.17, 15) is 4.79 Å². The van der Waals surface area contributed by atoms with Gasteiger partial charge < -0.3 is 20.9 Å². The number of nitrogens with one attached hydrogen (secondary N) is 3. The second-order valence-electron chi connectivity index (χ2n) is 7.24. The van der Waals surface area contributed by atoms with Gasteiger partial charge in [-0.3, -0.25) is 14.7 Å². The van der Waals surface area contributed by atoms with Gasteiger partial charge in [0, 0.05) is 38.8 Å². The quantitative estimate of drug-likeness (QED) is 0.213. The van der Waals surface area contributed by atoms with Crippen molar-refractivity contribution in [3.63, 3.8) is 0 Å². The van der Waals surface area contributed by atoms with Gasteiger partial charge in [0.25, 0.3) is 0 Å². The summed E-state index contributed by atoms with van der Waals surface area (Å²) in [5.41, 5.74) is 0. The third-order valence-electron chi connectivity index (χ3n) is 4.89. The minimum atomic E-state index is 0. The van der Waals surface area contributed by atoms with Gasteiger partial charge >= 0.3 is 0 Å². The first-order chi connectivity index (χ1) is 13.1. The Hall–Kier alpha value is -0.610. The van der Waals surface area contributed by atoms with Crippen LogP contribution in [0, 0.1) is 0 Å². The summed E-state index contributed by atoms with van der Waals surface area (Å²) in [6.07, 6.45) is 4.26. The van der Waals surface area contributed by atoms with E-state index < -0.39 is 0 Å². The first kappa shape index (κ1) is 27.4. The van der Waals surface area contributed by atoms with Crippen molar-refractivity contribution in [3.8, 4) is 0 Å². The zero-order valence-electron chi connectivity index (χ0n) is 18.4. The summed E-state index contributed by atoms with van der Waals surface area (Å²) in [5.74, 6) is 1.06. The molecule has 0 unspecified atom stereocenters. The van der Waals surface area contributed by atoms with Crippen LogP contribution in [0.4, 0.5) is 0 Å². The molecule has 1 aliphatic rings. The van der Waals surface area contributed by atoms with Crippen LogP contribution in [0.5, 0.6) is 0 Å². The number of carbonyl (C=O) groups excluding carboxylic acids is 1. The van der Waals surface area contributed by atoms with Gasteiger partial charge in [0.15, 0.2) is 5.96 Å². The maximum Gasteiger partial charge on any atom is 0.234 e. The first-order valence-corrected chi connectivity index (χ1v) is 10.9. The summed E-state index contributed by atoms with van der Waals surface area (Å²) in [7, 11) is 0. The zero-order valence-corrected chi connectivity index (χ0v) is 20.8. The highest BCUT2D eigenvalue weighted by Gasteiger charge is 2.21. The molecular formula is C20H43IN6O. The SMILES string of the molecule is CCCNC(=O)CN1CCC(NC(=NCCN(CC)CCC)NCC)CC1.I. The van der Waals surface area contributed by atoms with E-state index in [1.54, 1.807) is 0 Å². The molecule has 0 bridgehead atoms. The van der Waals surface area contributed by atoms with E-state index in [0.29, 0.717) is 12.6 Å². The molecule has 0 spiro atoms. The van der Waals surface area contributed by atoms with E-state index in [-0.39, 0.29) is 29.9 Å². The monoisotopic (exact) mass is 510 g/mol. The van der Waals surface area contributed by atoms with E-state index in [2.05, 4.69) is 53.4 Å². The smallest absolute Gasteiger partial charge is 0.234 e. The number of aliphatic imine (C=N–C) groups is 1. The number of likely N-dealkylation sites (N-methyl/N-ethyl adjacent to an activating group) is 1. The summed E-state index contributed by atoms with van der Waals surface area (Å²) in [6.45, 7) is 16.7. The average molecular weight is 511 g/mol. The highest BCUT2D eigenvalue weighted by molar-refractivity contribution is 14.0. The van der Waals surface area contributed by atoms with Crippen LogP contribution in [-0.4, -0.2) is 86.6 Å². The summed E-state index contributed by atoms with van der Waals surface area (Å²) in [5, 5.41) is 9.90. The number of hydrogen-bond acceptors (Lipinski definition) is 4. The average Bonchev–Trinajstić information content (AvgIpc) is 2.67. The van der Waals surface area contributed by atoms with Crippen molar-refractivity contribution in [2.45, 2.75) is 59.4 Å². The standard InChI is InChI=1S/C20H42N6O.HI/c1-5-11-22-19(27)17-26-14-9-18(10-15-26)24-20(21-7-3)23-12-16-25(8-4)13-6-2;/h18H,5-17H2,1-4H3,(H,22,27)(H2,21,23,24);1H. The van der Waals surface area contributed by atoms with Crippen molar-refractivity contribution in [2.75, 3.05) is 58.9 Å². The molecule has 7 nitrogen and oxygen atoms in total. The summed E-state index contributed by atoms with van der Waals surface area (Å²) in [6, 6.07) is 0.427. The Bertz CT molecular complexity index is 427. The normalized spacial score (nSPS) is 16.0. The van der Waals surface area contributed by atoms with Gasteiger partial charge in [-0.15, -0.1) is 24.0 Å². The molecule has 0 saturated carbocycles. The Labute approximate surface area is 189 Å². The highest BCUT2D eigenvalue weighted by Crippen LogP contribution is 2.09. The van der Waals surface area contributed by atoms with Crippen molar-refractivity contribution >= 4 is 35.8 Å². The van der Waals surface area contributed by atoms with Gasteiger partial charge in [0.05, 0.1) is 13.1 Å². The molecule has 0 aromatic heterocycles. The predicted octanol–water partition coefficient (Wildman–Crippen LogP) is 1.88. The van der Waals surface area contributed by atoms with Gasteiger partial charge in [-0.05, 0) is 45.7 Å². The number of piperidine rings is 1. The van der Waals surface area contributed by atoms with E-state index in [4.69, 9.17) is 4.99 Å². The molecule has 1 fully saturated rings. The molecular weight excluding hydrogens is 467 g/mol. The largest absolute Gasteiger partial charge is 0.357 e. The number of hydrogen-bond donors (Lipinski definition) is 3. The lowest BCUT2D eigenvalue weighted by atomic mass is 10.1. The zero-order chi connectivity index (χ0) is 19.9. The second kappa shape index (κ2) is 17.3. The van der Waals surface area contributed by atoms with Crippen LogP contribution in [0.25, 0.3) is 0 Å². The third-order valence-corrected chi connectivity index (χ3v) is 4.89. The summed E-state index contributed by atoms with van der Waals surface area (Å²) >= 11 is 0. The number of amides is 1. The molecule has 166 valence electrons. The van der Waals surface area contributed by atoms with Gasteiger partial charge in [-0.2, -0.15) is 0 Å². The van der Waals surface area contributed by atoms with Crippen LogP contribution in [0.2, 0.25) is 0 Å². The Kier molecular flexibility index (Phi) is 16.9. The van der Waals surface area contributed by atoms with Crippen LogP contribution in [0.3, 0.4) is 0 Å². The number of carbonyl (C=O) groups is 1. The minimum Gasteiger partial charge on any atom is -0.357 e. The Balaban J connectivity index is 0.00000729. The lowest BCUT2D eigenvalue weighted by Crippen LogP contribution is -2.50. The van der Waals surface area contributed by atoms with Crippen molar-refractivity contribution in [3.05, 3.63) is 0 Å². The fourth-order valence-electron chi connectivity index (χ4n) is 3.32. The van der Waals surface area contributed by atoms with E-state index in [0.717, 1.165) is 77.6 Å². The Morgan fingerprint density at radius 2 is 1.79 bits per heavy atom. The van der Waals surface area contributed by atoms with Crippen LogP contribution in [0.15, 0.2) is 4.99 Å². The van der Waals surface area contributed by atoms with Crippen molar-refractivity contribution in [2.24, 2.45) is 4.99 Å². The molecule has 28 heavy (non-hydrogen) atoms. The molecule has 0 aliphatic carbocycles. The highest BCUT2D eigenvalue weighted by atomic mass is 127. The van der Waals surface area contributed by atoms with Gasteiger partial charge in [0.1, 0.15) is 0 Å². The fourth-order valence-corrected chi connectivity index (χ4v) is 3.32. The number of guanidine groups is 1. The van der Waals surface area contributed by atoms with Gasteiger partial charge in [0.2, 0.25) is 5.91 Å². The molecule has 0 aromatic carbocycles. The van der Waals surface area contributed by atoms with Crippen molar-refractivity contribution < 1.29 is 4.79 Å². The summed E-state index contributed by atoms with van der Waals surface area (Å²) < 4.78 is 0. The molecule has 8 heteroatoms. The molecule has 1 saturated heterocycles. The lowest BCUT2D eigenvalue weighted by Gasteiger charge is -2.32. The van der Waals surface area contributed by atoms with E-state index in [1.165, 1.54) is 6.42 Å². The molecule has 0 aromatic rings. The van der Waals surface area contributed by atoms with E-state index >= 15 is 0 Å². The molecule has 1 aliphatic heterocycles. The van der Waals surface area contributed by atoms with E-state index in [1.807, 2.05) is 0 Å². The maximum atomic E-state index is 11.9. The molecule has 1 amide bonds. The van der Waals surface area contributed by atoms with Gasteiger partial charge in [-0.25, -0.2) is 0 Å². The predicted molar refractivity (Wildman–Crippen MR) is 130 cm³/mol. The maximum absolute atomic E-state index is 11.9. The second-order valence-corrected chi connectivity index (χ2v) is 7.24. The molecule has 1 rings (SSSR count). The third kappa shape index (κ3) is 12.1. The van der Waals surface area contributed by atoms with Crippen LogP contribution in [-0.2, 0) is 4.79 Å². The molecule has 0 atom stereocenters. The molecule has 1 heterocycles. The number of rotatable bonds is 12. The Morgan fingerprint density at radius 3 is 2.36 bits per heavy atom. The van der Waals surface area contributed by atoms with Crippen LogP contribution >= 0.6 is 24.0 Å². The fraction of sp³-hybridized carbons (Fsp3) is 0.900. The van der Waals surface area contributed by atoms with Crippen LogP contribution in [0.1, 0.15) is 53.4 Å². The minimum absolute atomic E-state index is 0.